The van der Waals surface area contributed by atoms with Gasteiger partial charge in [-0.25, -0.2) is 4.79 Å². The molecule has 0 aromatic rings. The standard InChI is InChI=1S/C11H24N2O3/c1-4-6-12-11(14)13(8-10-16-3)7-5-9-15-2/h4-10H2,1-3H3,(H,12,14). The lowest BCUT2D eigenvalue weighted by Crippen LogP contribution is -2.42. The molecule has 96 valence electrons. The minimum atomic E-state index is -0.0185. The quantitative estimate of drug-likeness (QED) is 0.605. The molecule has 0 heterocycles. The van der Waals surface area contributed by atoms with Crippen LogP contribution in [0.4, 0.5) is 4.79 Å². The van der Waals surface area contributed by atoms with E-state index in [0.29, 0.717) is 32.8 Å². The highest BCUT2D eigenvalue weighted by molar-refractivity contribution is 5.74. The molecule has 2 amide bonds. The van der Waals surface area contributed by atoms with Gasteiger partial charge >= 0.3 is 6.03 Å². The summed E-state index contributed by atoms with van der Waals surface area (Å²) >= 11 is 0. The Morgan fingerprint density at radius 1 is 1.19 bits per heavy atom. The maximum absolute atomic E-state index is 11.7. The Labute approximate surface area is 98.1 Å². The van der Waals surface area contributed by atoms with Gasteiger partial charge in [-0.1, -0.05) is 6.92 Å². The topological polar surface area (TPSA) is 50.8 Å². The normalized spacial score (nSPS) is 10.2. The summed E-state index contributed by atoms with van der Waals surface area (Å²) in [5, 5.41) is 2.86. The van der Waals surface area contributed by atoms with E-state index in [-0.39, 0.29) is 6.03 Å². The molecule has 0 radical (unpaired) electrons. The summed E-state index contributed by atoms with van der Waals surface area (Å²) in [5.41, 5.74) is 0. The number of methoxy groups -OCH3 is 2. The van der Waals surface area contributed by atoms with E-state index in [0.717, 1.165) is 12.8 Å². The highest BCUT2D eigenvalue weighted by Gasteiger charge is 2.11. The summed E-state index contributed by atoms with van der Waals surface area (Å²) in [6.45, 7) is 5.30. The second-order valence-corrected chi connectivity index (χ2v) is 3.56. The second kappa shape index (κ2) is 10.7. The van der Waals surface area contributed by atoms with Crippen LogP contribution < -0.4 is 5.32 Å². The number of ether oxygens (including phenoxy) is 2. The molecule has 0 aliphatic carbocycles. The number of hydrogen-bond donors (Lipinski definition) is 1. The molecule has 0 aliphatic rings. The van der Waals surface area contributed by atoms with Crippen molar-refractivity contribution in [2.75, 3.05) is 47.1 Å². The molecule has 0 atom stereocenters. The first-order valence-corrected chi connectivity index (χ1v) is 5.76. The monoisotopic (exact) mass is 232 g/mol. The number of amides is 2. The van der Waals surface area contributed by atoms with Crippen molar-refractivity contribution in [2.24, 2.45) is 0 Å². The van der Waals surface area contributed by atoms with Crippen LogP contribution in [-0.2, 0) is 9.47 Å². The summed E-state index contributed by atoms with van der Waals surface area (Å²) in [5.74, 6) is 0. The van der Waals surface area contributed by atoms with E-state index in [1.165, 1.54) is 0 Å². The zero-order valence-corrected chi connectivity index (χ0v) is 10.6. The van der Waals surface area contributed by atoms with Crippen molar-refractivity contribution in [3.63, 3.8) is 0 Å². The molecule has 0 saturated carbocycles. The molecule has 0 aromatic heterocycles. The lowest BCUT2D eigenvalue weighted by atomic mass is 10.4. The van der Waals surface area contributed by atoms with Crippen molar-refractivity contribution in [2.45, 2.75) is 19.8 Å². The predicted molar refractivity (Wildman–Crippen MR) is 63.6 cm³/mol. The van der Waals surface area contributed by atoms with Gasteiger partial charge in [-0.15, -0.1) is 0 Å². The SMILES string of the molecule is CCCNC(=O)N(CCCOC)CCOC. The Morgan fingerprint density at radius 2 is 1.88 bits per heavy atom. The number of rotatable bonds is 9. The average molecular weight is 232 g/mol. The van der Waals surface area contributed by atoms with Gasteiger partial charge in [0.2, 0.25) is 0 Å². The highest BCUT2D eigenvalue weighted by atomic mass is 16.5. The highest BCUT2D eigenvalue weighted by Crippen LogP contribution is 1.94. The summed E-state index contributed by atoms with van der Waals surface area (Å²) in [6.07, 6.45) is 1.79. The number of carbonyl (C=O) groups excluding carboxylic acids is 1. The van der Waals surface area contributed by atoms with Crippen LogP contribution in [-0.4, -0.2) is 58.0 Å². The van der Waals surface area contributed by atoms with E-state index >= 15 is 0 Å². The fourth-order valence-corrected chi connectivity index (χ4v) is 1.26. The van der Waals surface area contributed by atoms with Gasteiger partial charge in [-0.05, 0) is 12.8 Å². The molecular weight excluding hydrogens is 208 g/mol. The lowest BCUT2D eigenvalue weighted by Gasteiger charge is -2.22. The first kappa shape index (κ1) is 15.2. The maximum atomic E-state index is 11.7. The first-order valence-electron chi connectivity index (χ1n) is 5.76. The van der Waals surface area contributed by atoms with Gasteiger partial charge in [0.15, 0.2) is 0 Å². The fraction of sp³-hybridized carbons (Fsp3) is 0.909. The minimum Gasteiger partial charge on any atom is -0.385 e. The Bertz CT molecular complexity index is 177. The van der Waals surface area contributed by atoms with E-state index in [4.69, 9.17) is 9.47 Å². The summed E-state index contributed by atoms with van der Waals surface area (Å²) in [6, 6.07) is -0.0185. The number of urea groups is 1. The summed E-state index contributed by atoms with van der Waals surface area (Å²) in [4.78, 5) is 13.5. The van der Waals surface area contributed by atoms with Crippen molar-refractivity contribution < 1.29 is 14.3 Å². The van der Waals surface area contributed by atoms with Gasteiger partial charge in [0.25, 0.3) is 0 Å². The van der Waals surface area contributed by atoms with Gasteiger partial charge in [-0.2, -0.15) is 0 Å². The molecule has 0 bridgehead atoms. The first-order chi connectivity index (χ1) is 7.76. The molecule has 0 rings (SSSR count). The summed E-state index contributed by atoms with van der Waals surface area (Å²) in [7, 11) is 3.30. The molecule has 0 spiro atoms. The van der Waals surface area contributed by atoms with Gasteiger partial charge in [0.1, 0.15) is 0 Å². The second-order valence-electron chi connectivity index (χ2n) is 3.56. The van der Waals surface area contributed by atoms with E-state index < -0.39 is 0 Å². The molecule has 0 unspecified atom stereocenters. The average Bonchev–Trinajstić information content (AvgIpc) is 2.30. The molecule has 0 saturated heterocycles. The number of carbonyl (C=O) groups is 1. The third-order valence-electron chi connectivity index (χ3n) is 2.16. The smallest absolute Gasteiger partial charge is 0.317 e. The maximum Gasteiger partial charge on any atom is 0.317 e. The molecule has 1 N–H and O–H groups in total. The van der Waals surface area contributed by atoms with Gasteiger partial charge in [-0.3, -0.25) is 0 Å². The lowest BCUT2D eigenvalue weighted by molar-refractivity contribution is 0.137. The Balaban J connectivity index is 3.91. The van der Waals surface area contributed by atoms with Crippen LogP contribution in [0, 0.1) is 0 Å². The summed E-state index contributed by atoms with van der Waals surface area (Å²) < 4.78 is 9.95. The van der Waals surface area contributed by atoms with Crippen LogP contribution in [0.2, 0.25) is 0 Å². The predicted octanol–water partition coefficient (Wildman–Crippen LogP) is 1.09. The van der Waals surface area contributed by atoms with Gasteiger partial charge < -0.3 is 19.7 Å². The third kappa shape index (κ3) is 7.48. The molecule has 5 nitrogen and oxygen atoms in total. The van der Waals surface area contributed by atoms with E-state index in [2.05, 4.69) is 5.32 Å². The Kier molecular flexibility index (Phi) is 10.2. The molecule has 16 heavy (non-hydrogen) atoms. The van der Waals surface area contributed by atoms with Crippen molar-refractivity contribution in [1.82, 2.24) is 10.2 Å². The van der Waals surface area contributed by atoms with Gasteiger partial charge in [0, 0.05) is 40.5 Å². The van der Waals surface area contributed by atoms with Crippen LogP contribution >= 0.6 is 0 Å². The van der Waals surface area contributed by atoms with Crippen LogP contribution in [0.1, 0.15) is 19.8 Å². The van der Waals surface area contributed by atoms with Gasteiger partial charge in [0.05, 0.1) is 6.61 Å². The van der Waals surface area contributed by atoms with Crippen LogP contribution in [0.5, 0.6) is 0 Å². The number of nitrogens with zero attached hydrogens (tertiary/aromatic N) is 1. The molecular formula is C11H24N2O3. The third-order valence-corrected chi connectivity index (χ3v) is 2.16. The molecule has 0 aromatic carbocycles. The Hall–Kier alpha value is -0.810. The van der Waals surface area contributed by atoms with Crippen molar-refractivity contribution in [3.05, 3.63) is 0 Å². The number of nitrogens with one attached hydrogen (secondary N) is 1. The zero-order chi connectivity index (χ0) is 12.2. The van der Waals surface area contributed by atoms with Crippen LogP contribution in [0.15, 0.2) is 0 Å². The van der Waals surface area contributed by atoms with Crippen LogP contribution in [0.25, 0.3) is 0 Å². The zero-order valence-electron chi connectivity index (χ0n) is 10.6. The van der Waals surface area contributed by atoms with E-state index in [9.17, 15) is 4.79 Å². The Morgan fingerprint density at radius 3 is 2.44 bits per heavy atom. The molecule has 0 aliphatic heterocycles. The van der Waals surface area contributed by atoms with Crippen molar-refractivity contribution in [3.8, 4) is 0 Å². The molecule has 0 fully saturated rings. The van der Waals surface area contributed by atoms with Crippen LogP contribution in [0.3, 0.4) is 0 Å². The fourth-order valence-electron chi connectivity index (χ4n) is 1.26. The largest absolute Gasteiger partial charge is 0.385 e. The van der Waals surface area contributed by atoms with E-state index in [1.807, 2.05) is 6.92 Å². The minimum absolute atomic E-state index is 0.0185. The number of hydrogen-bond acceptors (Lipinski definition) is 3. The van der Waals surface area contributed by atoms with Crippen molar-refractivity contribution in [1.29, 1.82) is 0 Å². The molecule has 5 heteroatoms. The van der Waals surface area contributed by atoms with E-state index in [1.54, 1.807) is 19.1 Å². The van der Waals surface area contributed by atoms with Crippen molar-refractivity contribution >= 4 is 6.03 Å².